The van der Waals surface area contributed by atoms with E-state index in [0.717, 1.165) is 0 Å². The highest BCUT2D eigenvalue weighted by Crippen LogP contribution is 2.23. The molecule has 0 bridgehead atoms. The molecule has 0 aromatic rings. The van der Waals surface area contributed by atoms with Crippen LogP contribution in [-0.4, -0.2) is 53.0 Å². The number of carbonyl (C=O) groups excluding carboxylic acids is 1. The summed E-state index contributed by atoms with van der Waals surface area (Å²) < 4.78 is 10.6. The molecule has 1 fully saturated rings. The van der Waals surface area contributed by atoms with Crippen LogP contribution in [0.15, 0.2) is 0 Å². The van der Waals surface area contributed by atoms with Gasteiger partial charge in [-0.05, 0) is 34.1 Å². The summed E-state index contributed by atoms with van der Waals surface area (Å²) in [6, 6.07) is -0.959. The number of rotatable bonds is 3. The summed E-state index contributed by atoms with van der Waals surface area (Å²) in [5.41, 5.74) is -0.635. The van der Waals surface area contributed by atoms with Crippen molar-refractivity contribution in [3.05, 3.63) is 0 Å². The normalized spacial score (nSPS) is 24.1. The van der Waals surface area contributed by atoms with Gasteiger partial charge >= 0.3 is 12.1 Å². The average molecular weight is 259 g/mol. The van der Waals surface area contributed by atoms with Gasteiger partial charge in [-0.25, -0.2) is 9.59 Å². The molecule has 18 heavy (non-hydrogen) atoms. The Kier molecular flexibility index (Phi) is 4.56. The first kappa shape index (κ1) is 14.8. The van der Waals surface area contributed by atoms with Gasteiger partial charge in [0.25, 0.3) is 0 Å². The van der Waals surface area contributed by atoms with Gasteiger partial charge in [0.2, 0.25) is 0 Å². The van der Waals surface area contributed by atoms with E-state index in [4.69, 9.17) is 9.47 Å². The van der Waals surface area contributed by atoms with Gasteiger partial charge in [0.05, 0.1) is 6.10 Å². The zero-order valence-electron chi connectivity index (χ0n) is 11.3. The van der Waals surface area contributed by atoms with E-state index in [2.05, 4.69) is 0 Å². The summed E-state index contributed by atoms with van der Waals surface area (Å²) in [5, 5.41) is 9.20. The highest BCUT2D eigenvalue weighted by Gasteiger charge is 2.44. The predicted molar refractivity (Wildman–Crippen MR) is 64.4 cm³/mol. The van der Waals surface area contributed by atoms with E-state index >= 15 is 0 Å². The number of aliphatic carboxylic acids is 1. The van der Waals surface area contributed by atoms with Crippen molar-refractivity contribution in [2.24, 2.45) is 0 Å². The Hall–Kier alpha value is -1.30. The SMILES string of the molecule is CCO[C@H]1CCN(C(=O)OC(C)(C)C)[C@@H]1C(=O)O. The van der Waals surface area contributed by atoms with Crippen LogP contribution < -0.4 is 0 Å². The Morgan fingerprint density at radius 1 is 1.39 bits per heavy atom. The van der Waals surface area contributed by atoms with Crippen LogP contribution in [0.4, 0.5) is 4.79 Å². The van der Waals surface area contributed by atoms with Crippen LogP contribution in [-0.2, 0) is 14.3 Å². The number of hydrogen-bond acceptors (Lipinski definition) is 4. The number of carbonyl (C=O) groups is 2. The summed E-state index contributed by atoms with van der Waals surface area (Å²) >= 11 is 0. The van der Waals surface area contributed by atoms with Crippen molar-refractivity contribution in [3.8, 4) is 0 Å². The van der Waals surface area contributed by atoms with E-state index in [1.165, 1.54) is 4.90 Å². The van der Waals surface area contributed by atoms with Crippen molar-refractivity contribution in [1.29, 1.82) is 0 Å². The summed E-state index contributed by atoms with van der Waals surface area (Å²) in [5.74, 6) is -1.06. The maximum absolute atomic E-state index is 11.9. The molecule has 1 heterocycles. The van der Waals surface area contributed by atoms with E-state index in [1.54, 1.807) is 27.7 Å². The smallest absolute Gasteiger partial charge is 0.411 e. The van der Waals surface area contributed by atoms with Gasteiger partial charge in [-0.1, -0.05) is 0 Å². The van der Waals surface area contributed by atoms with Crippen molar-refractivity contribution >= 4 is 12.1 Å². The first-order chi connectivity index (χ1) is 8.26. The Morgan fingerprint density at radius 3 is 2.44 bits per heavy atom. The van der Waals surface area contributed by atoms with Gasteiger partial charge in [0, 0.05) is 13.2 Å². The quantitative estimate of drug-likeness (QED) is 0.831. The van der Waals surface area contributed by atoms with Crippen molar-refractivity contribution in [3.63, 3.8) is 0 Å². The standard InChI is InChI=1S/C12H21NO5/c1-5-17-8-6-7-13(9(8)10(14)15)11(16)18-12(2,3)4/h8-9H,5-7H2,1-4H3,(H,14,15)/t8-,9-/m0/s1. The van der Waals surface area contributed by atoms with Crippen molar-refractivity contribution in [2.45, 2.75) is 51.9 Å². The lowest BCUT2D eigenvalue weighted by Crippen LogP contribution is -2.47. The summed E-state index contributed by atoms with van der Waals surface area (Å²) in [4.78, 5) is 24.4. The fourth-order valence-electron chi connectivity index (χ4n) is 1.97. The molecule has 2 atom stereocenters. The van der Waals surface area contributed by atoms with Gasteiger partial charge < -0.3 is 14.6 Å². The van der Waals surface area contributed by atoms with E-state index in [9.17, 15) is 14.7 Å². The van der Waals surface area contributed by atoms with Crippen molar-refractivity contribution in [1.82, 2.24) is 4.90 Å². The first-order valence-corrected chi connectivity index (χ1v) is 6.10. The van der Waals surface area contributed by atoms with E-state index < -0.39 is 29.8 Å². The maximum Gasteiger partial charge on any atom is 0.411 e. The molecular formula is C12H21NO5. The van der Waals surface area contributed by atoms with E-state index in [0.29, 0.717) is 19.6 Å². The van der Waals surface area contributed by atoms with Crippen LogP contribution in [0.3, 0.4) is 0 Å². The second-order valence-corrected chi connectivity index (χ2v) is 5.24. The molecule has 1 aliphatic heterocycles. The van der Waals surface area contributed by atoms with Gasteiger partial charge in [-0.2, -0.15) is 0 Å². The number of hydrogen-bond donors (Lipinski definition) is 1. The number of carboxylic acid groups (broad SMARTS) is 1. The zero-order chi connectivity index (χ0) is 13.9. The number of carboxylic acids is 1. The Bertz CT molecular complexity index is 323. The second kappa shape index (κ2) is 5.56. The summed E-state index contributed by atoms with van der Waals surface area (Å²) in [6.07, 6.45) is -0.540. The van der Waals surface area contributed by atoms with Crippen molar-refractivity contribution in [2.75, 3.05) is 13.2 Å². The fourth-order valence-corrected chi connectivity index (χ4v) is 1.97. The topological polar surface area (TPSA) is 76.1 Å². The molecule has 1 amide bonds. The Morgan fingerprint density at radius 2 is 2.00 bits per heavy atom. The third-order valence-corrected chi connectivity index (χ3v) is 2.60. The largest absolute Gasteiger partial charge is 0.480 e. The third-order valence-electron chi connectivity index (χ3n) is 2.60. The van der Waals surface area contributed by atoms with Crippen molar-refractivity contribution < 1.29 is 24.2 Å². The average Bonchev–Trinajstić information content (AvgIpc) is 2.59. The molecule has 1 saturated heterocycles. The minimum atomic E-state index is -1.06. The fraction of sp³-hybridized carbons (Fsp3) is 0.833. The Labute approximate surface area is 107 Å². The number of likely N-dealkylation sites (tertiary alicyclic amines) is 1. The minimum absolute atomic E-state index is 0.344. The summed E-state index contributed by atoms with van der Waals surface area (Å²) in [7, 11) is 0. The van der Waals surface area contributed by atoms with Crippen LogP contribution in [0.2, 0.25) is 0 Å². The van der Waals surface area contributed by atoms with E-state index in [1.807, 2.05) is 0 Å². The molecule has 0 spiro atoms. The van der Waals surface area contributed by atoms with Crippen LogP contribution in [0.5, 0.6) is 0 Å². The van der Waals surface area contributed by atoms with Gasteiger partial charge in [-0.3, -0.25) is 4.90 Å². The van der Waals surface area contributed by atoms with Gasteiger partial charge in [-0.15, -0.1) is 0 Å². The Balaban J connectivity index is 2.76. The molecule has 6 nitrogen and oxygen atoms in total. The van der Waals surface area contributed by atoms with E-state index in [-0.39, 0.29) is 0 Å². The van der Waals surface area contributed by atoms with Crippen LogP contribution in [0.25, 0.3) is 0 Å². The number of nitrogens with zero attached hydrogens (tertiary/aromatic N) is 1. The molecule has 0 aromatic carbocycles. The zero-order valence-corrected chi connectivity index (χ0v) is 11.3. The van der Waals surface area contributed by atoms with Gasteiger partial charge in [0.15, 0.2) is 6.04 Å². The molecule has 1 N–H and O–H groups in total. The number of amides is 1. The van der Waals surface area contributed by atoms with Gasteiger partial charge in [0.1, 0.15) is 5.60 Å². The van der Waals surface area contributed by atoms with Crippen LogP contribution in [0.1, 0.15) is 34.1 Å². The molecule has 0 unspecified atom stereocenters. The molecule has 0 saturated carbocycles. The molecule has 0 aliphatic carbocycles. The molecular weight excluding hydrogens is 238 g/mol. The summed E-state index contributed by atoms with van der Waals surface area (Å²) in [6.45, 7) is 7.81. The molecule has 0 aromatic heterocycles. The predicted octanol–water partition coefficient (Wildman–Crippen LogP) is 1.49. The molecule has 1 rings (SSSR count). The minimum Gasteiger partial charge on any atom is -0.480 e. The molecule has 1 aliphatic rings. The highest BCUT2D eigenvalue weighted by atomic mass is 16.6. The molecule has 104 valence electrons. The second-order valence-electron chi connectivity index (χ2n) is 5.24. The maximum atomic E-state index is 11.9. The van der Waals surface area contributed by atoms with Crippen LogP contribution >= 0.6 is 0 Å². The highest BCUT2D eigenvalue weighted by molar-refractivity contribution is 5.81. The monoisotopic (exact) mass is 259 g/mol. The lowest BCUT2D eigenvalue weighted by Gasteiger charge is -2.28. The third kappa shape index (κ3) is 3.60. The first-order valence-electron chi connectivity index (χ1n) is 6.10. The molecule has 6 heteroatoms. The van der Waals surface area contributed by atoms with Crippen LogP contribution in [0, 0.1) is 0 Å². The molecule has 0 radical (unpaired) electrons. The lowest BCUT2D eigenvalue weighted by molar-refractivity contribution is -0.146. The number of ether oxygens (including phenoxy) is 2. The lowest BCUT2D eigenvalue weighted by atomic mass is 10.1.